The lowest BCUT2D eigenvalue weighted by molar-refractivity contribution is -0.134. The fraction of sp³-hybridized carbons (Fsp3) is 0.625. The Morgan fingerprint density at radius 3 is 2.83 bits per heavy atom. The summed E-state index contributed by atoms with van der Waals surface area (Å²) in [4.78, 5) is 18.8. The number of hydrogen-bond donors (Lipinski definition) is 2. The fourth-order valence-corrected chi connectivity index (χ4v) is 2.90. The molecule has 6 nitrogen and oxygen atoms in total. The van der Waals surface area contributed by atoms with Crippen LogP contribution in [0.2, 0.25) is 0 Å². The van der Waals surface area contributed by atoms with Crippen LogP contribution in [0.15, 0.2) is 18.3 Å². The monoisotopic (exact) mass is 376 g/mol. The Morgan fingerprint density at radius 1 is 1.33 bits per heavy atom. The summed E-state index contributed by atoms with van der Waals surface area (Å²) >= 11 is 0. The van der Waals surface area contributed by atoms with Gasteiger partial charge in [-0.25, -0.2) is 4.98 Å². The van der Waals surface area contributed by atoms with Gasteiger partial charge in [-0.15, -0.1) is 24.8 Å². The van der Waals surface area contributed by atoms with Crippen LogP contribution in [-0.4, -0.2) is 49.8 Å². The van der Waals surface area contributed by atoms with Gasteiger partial charge in [-0.3, -0.25) is 4.79 Å². The molecule has 2 fully saturated rings. The van der Waals surface area contributed by atoms with E-state index in [4.69, 9.17) is 4.74 Å². The average molecular weight is 377 g/mol. The first-order chi connectivity index (χ1) is 10.8. The molecule has 1 unspecified atom stereocenters. The van der Waals surface area contributed by atoms with Crippen LogP contribution in [0.5, 0.6) is 0 Å². The molecule has 136 valence electrons. The van der Waals surface area contributed by atoms with Crippen molar-refractivity contribution in [3.8, 4) is 0 Å². The van der Waals surface area contributed by atoms with Crippen LogP contribution in [0.3, 0.4) is 0 Å². The Labute approximate surface area is 155 Å². The first-order valence-electron chi connectivity index (χ1n) is 8.13. The van der Waals surface area contributed by atoms with E-state index in [9.17, 15) is 4.79 Å². The number of anilines is 1. The third-order valence-corrected chi connectivity index (χ3v) is 4.18. The van der Waals surface area contributed by atoms with Gasteiger partial charge in [0, 0.05) is 38.9 Å². The topological polar surface area (TPSA) is 66.5 Å². The maximum absolute atomic E-state index is 12.1. The van der Waals surface area contributed by atoms with E-state index < -0.39 is 0 Å². The summed E-state index contributed by atoms with van der Waals surface area (Å²) in [7, 11) is 0. The summed E-state index contributed by atoms with van der Waals surface area (Å²) in [5.41, 5.74) is 1.08. The van der Waals surface area contributed by atoms with Crippen LogP contribution in [0.4, 0.5) is 5.82 Å². The Balaban J connectivity index is 0.00000144. The molecular weight excluding hydrogens is 351 g/mol. The Kier molecular flexibility index (Phi) is 9.36. The van der Waals surface area contributed by atoms with E-state index in [0.717, 1.165) is 31.0 Å². The second kappa shape index (κ2) is 10.7. The summed E-state index contributed by atoms with van der Waals surface area (Å²) in [6.45, 7) is 4.65. The minimum Gasteiger partial charge on any atom is -0.366 e. The molecule has 1 aromatic rings. The highest BCUT2D eigenvalue weighted by Crippen LogP contribution is 2.18. The van der Waals surface area contributed by atoms with Gasteiger partial charge in [0.2, 0.25) is 0 Å². The van der Waals surface area contributed by atoms with Gasteiger partial charge in [0.1, 0.15) is 11.9 Å². The molecular formula is C16H26Cl2N4O2. The number of pyridine rings is 1. The number of morpholine rings is 1. The highest BCUT2D eigenvalue weighted by Gasteiger charge is 2.21. The first-order valence-corrected chi connectivity index (χ1v) is 8.13. The van der Waals surface area contributed by atoms with Crippen molar-refractivity contribution in [3.63, 3.8) is 0 Å². The molecule has 0 aromatic carbocycles. The number of ether oxygens (including phenoxy) is 1. The second-order valence-electron chi connectivity index (χ2n) is 5.85. The standard InChI is InChI=1S/C16H24N4O2.2ClH/c21-16(14-12-17-6-9-22-14)19-11-13-4-5-18-15(10-13)20-7-2-1-3-8-20;;/h4-5,10,14,17H,1-3,6-9,11-12H2,(H,19,21);2*1H. The lowest BCUT2D eigenvalue weighted by Gasteiger charge is -2.28. The fourth-order valence-electron chi connectivity index (χ4n) is 2.90. The number of piperidine rings is 1. The van der Waals surface area contributed by atoms with E-state index in [-0.39, 0.29) is 36.8 Å². The van der Waals surface area contributed by atoms with Crippen molar-refractivity contribution in [2.24, 2.45) is 0 Å². The molecule has 0 aliphatic carbocycles. The number of halogens is 2. The Morgan fingerprint density at radius 2 is 2.12 bits per heavy atom. The zero-order valence-corrected chi connectivity index (χ0v) is 15.3. The summed E-state index contributed by atoms with van der Waals surface area (Å²) in [6.07, 6.45) is 5.21. The highest BCUT2D eigenvalue weighted by atomic mass is 35.5. The molecule has 1 amide bonds. The molecule has 2 aliphatic rings. The SMILES string of the molecule is Cl.Cl.O=C(NCc1ccnc(N2CCCCC2)c1)C1CNCCO1. The van der Waals surface area contributed by atoms with E-state index in [1.807, 2.05) is 12.3 Å². The second-order valence-corrected chi connectivity index (χ2v) is 5.85. The molecule has 2 saturated heterocycles. The lowest BCUT2D eigenvalue weighted by Crippen LogP contribution is -2.47. The van der Waals surface area contributed by atoms with Gasteiger partial charge in [0.05, 0.1) is 6.61 Å². The van der Waals surface area contributed by atoms with E-state index in [2.05, 4.69) is 26.6 Å². The molecule has 0 saturated carbocycles. The largest absolute Gasteiger partial charge is 0.366 e. The van der Waals surface area contributed by atoms with Crippen molar-refractivity contribution in [3.05, 3.63) is 23.9 Å². The average Bonchev–Trinajstić information content (AvgIpc) is 2.61. The molecule has 2 aliphatic heterocycles. The molecule has 0 radical (unpaired) electrons. The van der Waals surface area contributed by atoms with Crippen molar-refractivity contribution >= 4 is 36.5 Å². The van der Waals surface area contributed by atoms with E-state index in [1.165, 1.54) is 19.3 Å². The predicted molar refractivity (Wildman–Crippen MR) is 99.3 cm³/mol. The number of nitrogens with one attached hydrogen (secondary N) is 2. The highest BCUT2D eigenvalue weighted by molar-refractivity contribution is 5.85. The molecule has 1 aromatic heterocycles. The van der Waals surface area contributed by atoms with E-state index >= 15 is 0 Å². The van der Waals surface area contributed by atoms with Crippen LogP contribution in [0.25, 0.3) is 0 Å². The zero-order chi connectivity index (χ0) is 15.2. The van der Waals surface area contributed by atoms with Gasteiger partial charge in [0.15, 0.2) is 0 Å². The van der Waals surface area contributed by atoms with Crippen molar-refractivity contribution in [2.75, 3.05) is 37.7 Å². The maximum Gasteiger partial charge on any atom is 0.250 e. The number of nitrogens with zero attached hydrogens (tertiary/aromatic N) is 2. The van der Waals surface area contributed by atoms with Crippen molar-refractivity contribution in [1.29, 1.82) is 0 Å². The predicted octanol–water partition coefficient (Wildman–Crippen LogP) is 1.52. The number of hydrogen-bond acceptors (Lipinski definition) is 5. The van der Waals surface area contributed by atoms with Crippen LogP contribution < -0.4 is 15.5 Å². The van der Waals surface area contributed by atoms with Gasteiger partial charge < -0.3 is 20.3 Å². The van der Waals surface area contributed by atoms with Crippen LogP contribution >= 0.6 is 24.8 Å². The summed E-state index contributed by atoms with van der Waals surface area (Å²) in [6, 6.07) is 4.03. The molecule has 24 heavy (non-hydrogen) atoms. The number of amides is 1. The number of rotatable bonds is 4. The van der Waals surface area contributed by atoms with Crippen molar-refractivity contribution in [1.82, 2.24) is 15.6 Å². The van der Waals surface area contributed by atoms with Gasteiger partial charge >= 0.3 is 0 Å². The Bertz CT molecular complexity index is 507. The quantitative estimate of drug-likeness (QED) is 0.833. The van der Waals surface area contributed by atoms with Gasteiger partial charge in [-0.1, -0.05) is 0 Å². The van der Waals surface area contributed by atoms with Gasteiger partial charge in [0.25, 0.3) is 5.91 Å². The maximum atomic E-state index is 12.1. The van der Waals surface area contributed by atoms with Crippen LogP contribution in [0, 0.1) is 0 Å². The van der Waals surface area contributed by atoms with Crippen LogP contribution in [0.1, 0.15) is 24.8 Å². The minimum atomic E-state index is -0.378. The number of carbonyl (C=O) groups is 1. The summed E-state index contributed by atoms with van der Waals surface area (Å²) < 4.78 is 5.45. The molecule has 1 atom stereocenters. The molecule has 8 heteroatoms. The normalized spacial score (nSPS) is 20.5. The number of carbonyl (C=O) groups excluding carboxylic acids is 1. The smallest absolute Gasteiger partial charge is 0.250 e. The van der Waals surface area contributed by atoms with Gasteiger partial charge in [-0.2, -0.15) is 0 Å². The van der Waals surface area contributed by atoms with E-state index in [0.29, 0.717) is 19.7 Å². The third-order valence-electron chi connectivity index (χ3n) is 4.18. The van der Waals surface area contributed by atoms with E-state index in [1.54, 1.807) is 0 Å². The van der Waals surface area contributed by atoms with Crippen molar-refractivity contribution in [2.45, 2.75) is 31.9 Å². The zero-order valence-electron chi connectivity index (χ0n) is 13.7. The van der Waals surface area contributed by atoms with Crippen molar-refractivity contribution < 1.29 is 9.53 Å². The lowest BCUT2D eigenvalue weighted by atomic mass is 10.1. The summed E-state index contributed by atoms with van der Waals surface area (Å²) in [5.74, 6) is 0.963. The Hall–Kier alpha value is -1.08. The summed E-state index contributed by atoms with van der Waals surface area (Å²) in [5, 5.41) is 6.11. The molecule has 3 rings (SSSR count). The molecule has 2 N–H and O–H groups in total. The first kappa shape index (κ1) is 21.0. The van der Waals surface area contributed by atoms with Crippen LogP contribution in [-0.2, 0) is 16.1 Å². The molecule has 0 bridgehead atoms. The van der Waals surface area contributed by atoms with Gasteiger partial charge in [-0.05, 0) is 37.0 Å². The molecule has 0 spiro atoms. The third kappa shape index (κ3) is 5.77. The number of aromatic nitrogens is 1. The minimum absolute atomic E-state index is 0. The molecule has 3 heterocycles.